The standard InChI is InChI=1S/C29H30ClFN2O5S/c1-29(2,3)18-26(34)20-9-12-23(13-10-20)38-39(31,36)32-22-11-14-24(25(30)17-22)28(35)33-15-16-37-27(19-33)21-7-5-4-6-8-21/h4-14,17,27H,15-16,18-19H2,1-3H3/t27-,39?/m1/s1. The number of amides is 1. The number of morpholine rings is 1. The quantitative estimate of drug-likeness (QED) is 0.222. The number of Topliss-reactive ketones (excluding diaryl/α,β-unsaturated/α-hetero) is 1. The molecule has 0 aliphatic carbocycles. The number of nitrogens with zero attached hydrogens (tertiary/aromatic N) is 2. The summed E-state index contributed by atoms with van der Waals surface area (Å²) in [6.07, 6.45) is 0.0943. The molecule has 4 rings (SSSR count). The fraction of sp³-hybridized carbons (Fsp3) is 0.310. The molecule has 0 saturated carbocycles. The first-order valence-electron chi connectivity index (χ1n) is 12.4. The van der Waals surface area contributed by atoms with Crippen molar-refractivity contribution in [2.24, 2.45) is 9.78 Å². The minimum Gasteiger partial charge on any atom is -0.373 e. The van der Waals surface area contributed by atoms with Crippen LogP contribution in [-0.4, -0.2) is 40.5 Å². The van der Waals surface area contributed by atoms with Crippen LogP contribution in [0.5, 0.6) is 5.75 Å². The lowest BCUT2D eigenvalue weighted by molar-refractivity contribution is -0.0228. The predicted octanol–water partition coefficient (Wildman–Crippen LogP) is 7.15. The summed E-state index contributed by atoms with van der Waals surface area (Å²) < 4.78 is 41.5. The summed E-state index contributed by atoms with van der Waals surface area (Å²) in [6.45, 7) is 7.01. The molecule has 0 radical (unpaired) electrons. The van der Waals surface area contributed by atoms with Crippen LogP contribution in [-0.2, 0) is 15.1 Å². The molecule has 10 heteroatoms. The van der Waals surface area contributed by atoms with Crippen LogP contribution in [0.2, 0.25) is 5.02 Å². The van der Waals surface area contributed by atoms with Crippen LogP contribution in [0.25, 0.3) is 0 Å². The molecule has 0 spiro atoms. The zero-order valence-electron chi connectivity index (χ0n) is 21.9. The minimum atomic E-state index is -4.64. The van der Waals surface area contributed by atoms with Crippen LogP contribution in [0.3, 0.4) is 0 Å². The number of hydrogen-bond acceptors (Lipinski definition) is 6. The minimum absolute atomic E-state index is 0.0425. The predicted molar refractivity (Wildman–Crippen MR) is 149 cm³/mol. The number of carbonyl (C=O) groups is 2. The SMILES string of the molecule is CC(C)(C)CC(=O)c1ccc(OS(=O)(F)=Nc2ccc(C(=O)N3CCO[C@@H](c4ccccc4)C3)c(Cl)c2)cc1. The third-order valence-electron chi connectivity index (χ3n) is 5.99. The Morgan fingerprint density at radius 2 is 1.79 bits per heavy atom. The largest absolute Gasteiger partial charge is 0.382 e. The van der Waals surface area contributed by atoms with Gasteiger partial charge in [-0.15, -0.1) is 4.36 Å². The number of rotatable bonds is 7. The first kappa shape index (κ1) is 28.7. The Labute approximate surface area is 233 Å². The van der Waals surface area contributed by atoms with Gasteiger partial charge in [-0.1, -0.05) is 66.6 Å². The van der Waals surface area contributed by atoms with E-state index in [9.17, 15) is 17.7 Å². The molecule has 1 aliphatic heterocycles. The van der Waals surface area contributed by atoms with E-state index < -0.39 is 10.4 Å². The third-order valence-corrected chi connectivity index (χ3v) is 7.13. The highest BCUT2D eigenvalue weighted by Crippen LogP contribution is 2.29. The summed E-state index contributed by atoms with van der Waals surface area (Å²) in [4.78, 5) is 27.2. The van der Waals surface area contributed by atoms with Gasteiger partial charge < -0.3 is 13.8 Å². The highest BCUT2D eigenvalue weighted by atomic mass is 35.5. The summed E-state index contributed by atoms with van der Waals surface area (Å²) in [5, 5.41) is 0.0425. The van der Waals surface area contributed by atoms with Gasteiger partial charge in [0.2, 0.25) is 0 Å². The van der Waals surface area contributed by atoms with Gasteiger partial charge in [-0.05, 0) is 53.4 Å². The third kappa shape index (κ3) is 7.88. The lowest BCUT2D eigenvalue weighted by atomic mass is 9.88. The molecule has 1 unspecified atom stereocenters. The van der Waals surface area contributed by atoms with Crippen molar-refractivity contribution in [3.63, 3.8) is 0 Å². The Bertz CT molecular complexity index is 1470. The maximum atomic E-state index is 14.8. The van der Waals surface area contributed by atoms with Gasteiger partial charge in [-0.2, -0.15) is 4.21 Å². The normalized spacial score (nSPS) is 17.3. The molecule has 39 heavy (non-hydrogen) atoms. The smallest absolute Gasteiger partial charge is 0.373 e. The summed E-state index contributed by atoms with van der Waals surface area (Å²) in [6, 6.07) is 19.4. The number of benzene rings is 3. The highest BCUT2D eigenvalue weighted by Gasteiger charge is 2.27. The van der Waals surface area contributed by atoms with Gasteiger partial charge in [0.05, 0.1) is 29.4 Å². The Morgan fingerprint density at radius 1 is 1.10 bits per heavy atom. The van der Waals surface area contributed by atoms with Crippen LogP contribution in [0.1, 0.15) is 59.6 Å². The molecule has 2 atom stereocenters. The van der Waals surface area contributed by atoms with Crippen molar-refractivity contribution >= 4 is 39.4 Å². The van der Waals surface area contributed by atoms with Crippen LogP contribution in [0.4, 0.5) is 9.57 Å². The van der Waals surface area contributed by atoms with Crippen molar-refractivity contribution in [3.05, 3.63) is 94.5 Å². The van der Waals surface area contributed by atoms with Crippen LogP contribution in [0, 0.1) is 5.41 Å². The van der Waals surface area contributed by atoms with Crippen molar-refractivity contribution < 1.29 is 26.6 Å². The van der Waals surface area contributed by atoms with Crippen molar-refractivity contribution in [1.29, 1.82) is 0 Å². The van der Waals surface area contributed by atoms with Gasteiger partial charge in [0.1, 0.15) is 11.9 Å². The van der Waals surface area contributed by atoms with Crippen LogP contribution in [0.15, 0.2) is 77.2 Å². The van der Waals surface area contributed by atoms with Crippen molar-refractivity contribution in [3.8, 4) is 5.75 Å². The molecule has 206 valence electrons. The van der Waals surface area contributed by atoms with Gasteiger partial charge in [0, 0.05) is 18.5 Å². The van der Waals surface area contributed by atoms with Gasteiger partial charge in [0.15, 0.2) is 5.78 Å². The molecule has 1 aliphatic rings. The monoisotopic (exact) mass is 572 g/mol. The van der Waals surface area contributed by atoms with Crippen LogP contribution >= 0.6 is 11.6 Å². The Kier molecular flexibility index (Phi) is 8.73. The molecular formula is C29H30ClFN2O5S. The number of halogens is 2. The topological polar surface area (TPSA) is 85.3 Å². The summed E-state index contributed by atoms with van der Waals surface area (Å²) in [5.41, 5.74) is 1.41. The lowest BCUT2D eigenvalue weighted by Crippen LogP contribution is -2.42. The molecule has 1 fully saturated rings. The van der Waals surface area contributed by atoms with E-state index in [0.29, 0.717) is 31.7 Å². The second kappa shape index (κ2) is 11.9. The Morgan fingerprint density at radius 3 is 2.44 bits per heavy atom. The van der Waals surface area contributed by atoms with Crippen LogP contribution < -0.4 is 4.18 Å². The van der Waals surface area contributed by atoms with Gasteiger partial charge in [-0.3, -0.25) is 9.59 Å². The summed E-state index contributed by atoms with van der Waals surface area (Å²) in [5.74, 6) is -0.400. The van der Waals surface area contributed by atoms with E-state index in [2.05, 4.69) is 4.36 Å². The van der Waals surface area contributed by atoms with Gasteiger partial charge in [-0.25, -0.2) is 0 Å². The molecule has 1 amide bonds. The molecule has 3 aromatic carbocycles. The zero-order chi connectivity index (χ0) is 28.2. The van der Waals surface area contributed by atoms with E-state index in [1.807, 2.05) is 51.1 Å². The molecular weight excluding hydrogens is 543 g/mol. The van der Waals surface area contributed by atoms with Crippen molar-refractivity contribution in [1.82, 2.24) is 4.90 Å². The number of ether oxygens (including phenoxy) is 1. The number of ketones is 1. The molecule has 0 N–H and O–H groups in total. The molecule has 1 heterocycles. The number of carbonyl (C=O) groups excluding carboxylic acids is 2. The fourth-order valence-electron chi connectivity index (χ4n) is 4.15. The highest BCUT2D eigenvalue weighted by molar-refractivity contribution is 7.84. The van der Waals surface area contributed by atoms with Crippen molar-refractivity contribution in [2.75, 3.05) is 19.7 Å². The maximum Gasteiger partial charge on any atom is 0.382 e. The van der Waals surface area contributed by atoms with E-state index >= 15 is 0 Å². The van der Waals surface area contributed by atoms with E-state index in [1.165, 1.54) is 42.5 Å². The fourth-order valence-corrected chi connectivity index (χ4v) is 5.16. The second-order valence-electron chi connectivity index (χ2n) is 10.5. The summed E-state index contributed by atoms with van der Waals surface area (Å²) >= 11 is 6.35. The average Bonchev–Trinajstić information content (AvgIpc) is 2.88. The van der Waals surface area contributed by atoms with E-state index in [-0.39, 0.29) is 45.2 Å². The molecule has 3 aromatic rings. The molecule has 7 nitrogen and oxygen atoms in total. The summed E-state index contributed by atoms with van der Waals surface area (Å²) in [7, 11) is -4.64. The molecule has 0 aromatic heterocycles. The van der Waals surface area contributed by atoms with Gasteiger partial charge >= 0.3 is 10.4 Å². The number of hydrogen-bond donors (Lipinski definition) is 0. The Balaban J connectivity index is 1.44. The zero-order valence-corrected chi connectivity index (χ0v) is 23.5. The first-order valence-corrected chi connectivity index (χ1v) is 14.2. The maximum absolute atomic E-state index is 14.8. The van der Waals surface area contributed by atoms with E-state index in [0.717, 1.165) is 5.56 Å². The first-order chi connectivity index (χ1) is 18.4. The average molecular weight is 573 g/mol. The molecule has 0 bridgehead atoms. The van der Waals surface area contributed by atoms with Crippen molar-refractivity contribution in [2.45, 2.75) is 33.3 Å². The second-order valence-corrected chi connectivity index (χ2v) is 12.0. The Hall–Kier alpha value is -3.27. The van der Waals surface area contributed by atoms with Gasteiger partial charge in [0.25, 0.3) is 5.91 Å². The molecule has 1 saturated heterocycles. The van der Waals surface area contributed by atoms with E-state index in [4.69, 9.17) is 20.5 Å². The van der Waals surface area contributed by atoms with E-state index in [1.54, 1.807) is 4.90 Å². The lowest BCUT2D eigenvalue weighted by Gasteiger charge is -2.33.